The van der Waals surface area contributed by atoms with Crippen LogP contribution in [-0.2, 0) is 17.8 Å². The lowest BCUT2D eigenvalue weighted by Crippen LogP contribution is -2.24. The van der Waals surface area contributed by atoms with Crippen LogP contribution in [0.3, 0.4) is 0 Å². The van der Waals surface area contributed by atoms with E-state index in [4.69, 9.17) is 15.2 Å². The number of aryl methyl sites for hydroxylation is 1. The maximum absolute atomic E-state index is 13.1. The van der Waals surface area contributed by atoms with Gasteiger partial charge in [0.25, 0.3) is 0 Å². The van der Waals surface area contributed by atoms with Crippen molar-refractivity contribution >= 4 is 17.1 Å². The van der Waals surface area contributed by atoms with Gasteiger partial charge in [-0.1, -0.05) is 66.7 Å². The summed E-state index contributed by atoms with van der Waals surface area (Å²) in [5, 5.41) is 10.9. The van der Waals surface area contributed by atoms with E-state index in [9.17, 15) is 9.90 Å². The minimum absolute atomic E-state index is 0.0665. The van der Waals surface area contributed by atoms with Gasteiger partial charge in [-0.2, -0.15) is 0 Å². The summed E-state index contributed by atoms with van der Waals surface area (Å²) in [5.74, 6) is 0.511. The van der Waals surface area contributed by atoms with Crippen molar-refractivity contribution in [3.8, 4) is 11.5 Å². The second-order valence-corrected chi connectivity index (χ2v) is 13.3. The van der Waals surface area contributed by atoms with Gasteiger partial charge in [0, 0.05) is 0 Å². The minimum Gasteiger partial charge on any atom is -0.508 e. The molecule has 0 aromatic heterocycles. The molecule has 0 bridgehead atoms. The fourth-order valence-corrected chi connectivity index (χ4v) is 6.97. The molecule has 232 valence electrons. The molecule has 1 fully saturated rings. The molecule has 45 heavy (non-hydrogen) atoms. The highest BCUT2D eigenvalue weighted by Gasteiger charge is 2.32. The Morgan fingerprint density at radius 3 is 2.22 bits per heavy atom. The van der Waals surface area contributed by atoms with E-state index in [1.807, 2.05) is 36.4 Å². The summed E-state index contributed by atoms with van der Waals surface area (Å²) in [6, 6.07) is 30.4. The van der Waals surface area contributed by atoms with Crippen LogP contribution in [0, 0.1) is 0 Å². The van der Waals surface area contributed by atoms with Gasteiger partial charge >= 0.3 is 0 Å². The number of carbonyl (C=O) groups excluding carboxylic acids is 1. The van der Waals surface area contributed by atoms with E-state index >= 15 is 0 Å². The fraction of sp³-hybridized carbons (Fsp3) is 0.325. The number of nitrogens with two attached hydrogens (primary N) is 1. The summed E-state index contributed by atoms with van der Waals surface area (Å²) in [4.78, 5) is 13.1. The number of allylic oxidation sites excluding steroid dienone is 1. The SMILES string of the molecule is CC(C)(C)Oc1ccc2c(c1)CCC(c1ccccc1)=C2c1c(C(N)=O)cc(O)cc1C1CCC(OCc2ccccc2)CC1. The summed E-state index contributed by atoms with van der Waals surface area (Å²) < 4.78 is 12.5. The third-order valence-electron chi connectivity index (χ3n) is 8.95. The zero-order chi connectivity index (χ0) is 31.6. The summed E-state index contributed by atoms with van der Waals surface area (Å²) in [7, 11) is 0. The Morgan fingerprint density at radius 1 is 0.867 bits per heavy atom. The van der Waals surface area contributed by atoms with Crippen molar-refractivity contribution < 1.29 is 19.4 Å². The molecule has 0 atom stereocenters. The Bertz CT molecular complexity index is 1690. The molecule has 5 heteroatoms. The van der Waals surface area contributed by atoms with E-state index in [2.05, 4.69) is 69.3 Å². The number of fused-ring (bicyclic) bond motifs is 1. The predicted molar refractivity (Wildman–Crippen MR) is 180 cm³/mol. The number of amides is 1. The molecule has 0 radical (unpaired) electrons. The molecule has 1 amide bonds. The quantitative estimate of drug-likeness (QED) is 0.211. The average molecular weight is 602 g/mol. The van der Waals surface area contributed by atoms with Crippen LogP contribution in [0.5, 0.6) is 11.5 Å². The van der Waals surface area contributed by atoms with Gasteiger partial charge in [-0.05, 0) is 134 Å². The molecule has 0 saturated heterocycles. The molecular formula is C40H43NO4. The van der Waals surface area contributed by atoms with E-state index in [-0.39, 0.29) is 23.4 Å². The number of phenolic OH excluding ortho intramolecular Hbond substituents is 1. The maximum Gasteiger partial charge on any atom is 0.249 e. The smallest absolute Gasteiger partial charge is 0.249 e. The Labute approximate surface area is 266 Å². The number of ether oxygens (including phenoxy) is 2. The topological polar surface area (TPSA) is 81.8 Å². The molecule has 0 aliphatic heterocycles. The molecule has 0 unspecified atom stereocenters. The Morgan fingerprint density at radius 2 is 1.56 bits per heavy atom. The maximum atomic E-state index is 13.1. The summed E-state index contributed by atoms with van der Waals surface area (Å²) in [5.41, 5.74) is 14.7. The lowest BCUT2D eigenvalue weighted by atomic mass is 9.73. The number of aromatic hydroxyl groups is 1. The van der Waals surface area contributed by atoms with Gasteiger partial charge in [0.15, 0.2) is 0 Å². The molecule has 4 aromatic rings. The predicted octanol–water partition coefficient (Wildman–Crippen LogP) is 8.82. The summed E-state index contributed by atoms with van der Waals surface area (Å²) in [6.45, 7) is 6.75. The fourth-order valence-electron chi connectivity index (χ4n) is 6.97. The van der Waals surface area contributed by atoms with Gasteiger partial charge in [-0.15, -0.1) is 0 Å². The molecule has 3 N–H and O–H groups in total. The van der Waals surface area contributed by atoms with Crippen LogP contribution in [-0.4, -0.2) is 22.7 Å². The van der Waals surface area contributed by atoms with Crippen LogP contribution in [0.15, 0.2) is 91.0 Å². The first kappa shape index (κ1) is 30.7. The van der Waals surface area contributed by atoms with Crippen LogP contribution in [0.2, 0.25) is 0 Å². The van der Waals surface area contributed by atoms with Crippen LogP contribution < -0.4 is 10.5 Å². The monoisotopic (exact) mass is 601 g/mol. The third kappa shape index (κ3) is 6.99. The highest BCUT2D eigenvalue weighted by atomic mass is 16.5. The second-order valence-electron chi connectivity index (χ2n) is 13.3. The van der Waals surface area contributed by atoms with Gasteiger partial charge < -0.3 is 20.3 Å². The first-order valence-corrected chi connectivity index (χ1v) is 16.1. The largest absolute Gasteiger partial charge is 0.508 e. The molecule has 6 rings (SSSR count). The van der Waals surface area contributed by atoms with Crippen molar-refractivity contribution in [1.29, 1.82) is 0 Å². The molecular weight excluding hydrogens is 558 g/mol. The van der Waals surface area contributed by atoms with Crippen LogP contribution in [0.1, 0.15) is 103 Å². The zero-order valence-corrected chi connectivity index (χ0v) is 26.5. The molecule has 0 spiro atoms. The number of hydrogen-bond donors (Lipinski definition) is 2. The number of primary amides is 1. The van der Waals surface area contributed by atoms with Crippen molar-refractivity contribution in [3.63, 3.8) is 0 Å². The standard InChI is InChI=1S/C40H43NO4/c1-40(2,3)45-32-19-21-34-29(22-32)16-20-33(27-12-8-5-9-13-27)37(34)38-35(23-30(42)24-36(38)39(41)43)28-14-17-31(18-15-28)44-25-26-10-6-4-7-11-26/h4-13,19,21-24,28,31,42H,14-18,20,25H2,1-3H3,(H2,41,43). The van der Waals surface area contributed by atoms with Gasteiger partial charge in [0.2, 0.25) is 5.91 Å². The molecule has 4 aromatic carbocycles. The lowest BCUT2D eigenvalue weighted by Gasteiger charge is -2.33. The molecule has 0 heterocycles. The first-order chi connectivity index (χ1) is 21.7. The molecule has 1 saturated carbocycles. The van der Waals surface area contributed by atoms with Crippen LogP contribution in [0.25, 0.3) is 11.1 Å². The normalized spacial score (nSPS) is 18.4. The van der Waals surface area contributed by atoms with Crippen LogP contribution in [0.4, 0.5) is 0 Å². The van der Waals surface area contributed by atoms with Crippen molar-refractivity contribution in [1.82, 2.24) is 0 Å². The van der Waals surface area contributed by atoms with E-state index in [1.54, 1.807) is 0 Å². The van der Waals surface area contributed by atoms with E-state index in [1.165, 1.54) is 22.8 Å². The summed E-state index contributed by atoms with van der Waals surface area (Å²) in [6.07, 6.45) is 5.45. The van der Waals surface area contributed by atoms with Gasteiger partial charge in [0.1, 0.15) is 17.1 Å². The Kier molecular flexibility index (Phi) is 8.82. The zero-order valence-electron chi connectivity index (χ0n) is 26.5. The van der Waals surface area contributed by atoms with Crippen molar-refractivity contribution in [2.75, 3.05) is 0 Å². The van der Waals surface area contributed by atoms with E-state index in [0.29, 0.717) is 12.2 Å². The Hall–Kier alpha value is -4.35. The van der Waals surface area contributed by atoms with E-state index < -0.39 is 5.91 Å². The minimum atomic E-state index is -0.540. The summed E-state index contributed by atoms with van der Waals surface area (Å²) >= 11 is 0. The number of rotatable bonds is 8. The number of hydrogen-bond acceptors (Lipinski definition) is 4. The number of phenols is 1. The second kappa shape index (κ2) is 12.9. The Balaban J connectivity index is 1.43. The highest BCUT2D eigenvalue weighted by molar-refractivity contribution is 6.08. The van der Waals surface area contributed by atoms with Gasteiger partial charge in [0.05, 0.1) is 18.3 Å². The first-order valence-electron chi connectivity index (χ1n) is 16.1. The molecule has 2 aliphatic carbocycles. The highest BCUT2D eigenvalue weighted by Crippen LogP contribution is 2.48. The van der Waals surface area contributed by atoms with Crippen molar-refractivity contribution in [2.24, 2.45) is 5.73 Å². The lowest BCUT2D eigenvalue weighted by molar-refractivity contribution is 0.0133. The van der Waals surface area contributed by atoms with Gasteiger partial charge in [-0.3, -0.25) is 4.79 Å². The van der Waals surface area contributed by atoms with Crippen molar-refractivity contribution in [2.45, 2.75) is 83.5 Å². The van der Waals surface area contributed by atoms with E-state index in [0.717, 1.165) is 72.1 Å². The van der Waals surface area contributed by atoms with Gasteiger partial charge in [-0.25, -0.2) is 0 Å². The van der Waals surface area contributed by atoms with Crippen LogP contribution >= 0.6 is 0 Å². The molecule has 5 nitrogen and oxygen atoms in total. The molecule has 2 aliphatic rings. The average Bonchev–Trinajstić information content (AvgIpc) is 3.03. The number of carbonyl (C=O) groups is 1. The van der Waals surface area contributed by atoms with Crippen molar-refractivity contribution in [3.05, 3.63) is 130 Å². The third-order valence-corrected chi connectivity index (χ3v) is 8.95. The number of benzene rings is 4.